The standard InChI is InChI=1S/C10H14O3/c1-7(11)9-4-3-5-10(6-9)13-8(2)12/h3,5,9-10H,4,6H2,1-2H3/t9-,10+/m0/s1. The molecule has 1 aliphatic carbocycles. The van der Waals surface area contributed by atoms with Crippen LogP contribution in [0.5, 0.6) is 0 Å². The summed E-state index contributed by atoms with van der Waals surface area (Å²) in [6, 6.07) is 0. The highest BCUT2D eigenvalue weighted by atomic mass is 16.5. The lowest BCUT2D eigenvalue weighted by Crippen LogP contribution is -2.24. The van der Waals surface area contributed by atoms with Crippen molar-refractivity contribution >= 4 is 11.8 Å². The van der Waals surface area contributed by atoms with E-state index in [2.05, 4.69) is 0 Å². The molecular weight excluding hydrogens is 168 g/mol. The highest BCUT2D eigenvalue weighted by molar-refractivity contribution is 5.78. The quantitative estimate of drug-likeness (QED) is 0.480. The first kappa shape index (κ1) is 9.96. The molecule has 0 spiro atoms. The lowest BCUT2D eigenvalue weighted by atomic mass is 9.89. The Morgan fingerprint density at radius 1 is 1.38 bits per heavy atom. The van der Waals surface area contributed by atoms with Crippen LogP contribution in [0.15, 0.2) is 12.2 Å². The second-order valence-corrected chi connectivity index (χ2v) is 3.36. The number of carbonyl (C=O) groups is 2. The molecule has 3 nitrogen and oxygen atoms in total. The molecule has 1 rings (SSSR count). The lowest BCUT2D eigenvalue weighted by Gasteiger charge is -2.22. The number of ketones is 1. The van der Waals surface area contributed by atoms with E-state index in [1.807, 2.05) is 12.2 Å². The number of ether oxygens (including phenoxy) is 1. The molecule has 1 aliphatic rings. The zero-order valence-corrected chi connectivity index (χ0v) is 7.95. The SMILES string of the molecule is CC(=O)O[C@@H]1C=CC[C@H](C(C)=O)C1. The largest absolute Gasteiger partial charge is 0.458 e. The van der Waals surface area contributed by atoms with E-state index in [0.29, 0.717) is 6.42 Å². The summed E-state index contributed by atoms with van der Waals surface area (Å²) in [6.45, 7) is 2.96. The van der Waals surface area contributed by atoms with Gasteiger partial charge in [-0.25, -0.2) is 0 Å². The molecule has 0 saturated heterocycles. The fraction of sp³-hybridized carbons (Fsp3) is 0.600. The summed E-state index contributed by atoms with van der Waals surface area (Å²) in [4.78, 5) is 21.7. The second kappa shape index (κ2) is 4.21. The summed E-state index contributed by atoms with van der Waals surface area (Å²) in [6.07, 6.45) is 4.95. The maximum atomic E-state index is 11.1. The van der Waals surface area contributed by atoms with Crippen molar-refractivity contribution < 1.29 is 14.3 Å². The maximum Gasteiger partial charge on any atom is 0.303 e. The average Bonchev–Trinajstić information content (AvgIpc) is 2.03. The molecule has 13 heavy (non-hydrogen) atoms. The number of hydrogen-bond donors (Lipinski definition) is 0. The third-order valence-corrected chi connectivity index (χ3v) is 2.18. The molecule has 0 fully saturated rings. The maximum absolute atomic E-state index is 11.1. The first-order chi connectivity index (χ1) is 6.09. The Labute approximate surface area is 77.8 Å². The first-order valence-corrected chi connectivity index (χ1v) is 4.44. The van der Waals surface area contributed by atoms with Crippen LogP contribution in [-0.4, -0.2) is 17.9 Å². The van der Waals surface area contributed by atoms with E-state index >= 15 is 0 Å². The van der Waals surface area contributed by atoms with Gasteiger partial charge in [-0.3, -0.25) is 9.59 Å². The predicted octanol–water partition coefficient (Wildman–Crippen LogP) is 1.47. The number of rotatable bonds is 2. The number of Topliss-reactive ketones (excluding diaryl/α,β-unsaturated/α-hetero) is 1. The van der Waals surface area contributed by atoms with E-state index in [1.165, 1.54) is 6.92 Å². The smallest absolute Gasteiger partial charge is 0.303 e. The molecule has 0 radical (unpaired) electrons. The number of hydrogen-bond acceptors (Lipinski definition) is 3. The minimum atomic E-state index is -0.293. The van der Waals surface area contributed by atoms with Crippen LogP contribution in [0.3, 0.4) is 0 Å². The molecule has 0 aromatic heterocycles. The van der Waals surface area contributed by atoms with E-state index in [0.717, 1.165) is 6.42 Å². The van der Waals surface area contributed by atoms with Gasteiger partial charge >= 0.3 is 5.97 Å². The van der Waals surface area contributed by atoms with Crippen molar-refractivity contribution in [1.82, 2.24) is 0 Å². The summed E-state index contributed by atoms with van der Waals surface area (Å²) < 4.78 is 4.99. The van der Waals surface area contributed by atoms with Gasteiger partial charge in [-0.2, -0.15) is 0 Å². The number of allylic oxidation sites excluding steroid dienone is 1. The zero-order valence-electron chi connectivity index (χ0n) is 7.95. The summed E-state index contributed by atoms with van der Waals surface area (Å²) in [5.74, 6) is -0.102. The molecule has 0 aromatic rings. The van der Waals surface area contributed by atoms with E-state index in [-0.39, 0.29) is 23.8 Å². The van der Waals surface area contributed by atoms with Crippen LogP contribution in [-0.2, 0) is 14.3 Å². The average molecular weight is 182 g/mol. The van der Waals surface area contributed by atoms with Crippen molar-refractivity contribution in [3.63, 3.8) is 0 Å². The molecule has 3 heteroatoms. The minimum Gasteiger partial charge on any atom is -0.458 e. The number of esters is 1. The van der Waals surface area contributed by atoms with Crippen LogP contribution in [0.4, 0.5) is 0 Å². The number of carbonyl (C=O) groups excluding carboxylic acids is 2. The molecular formula is C10H14O3. The predicted molar refractivity (Wildman–Crippen MR) is 48.1 cm³/mol. The highest BCUT2D eigenvalue weighted by Gasteiger charge is 2.22. The zero-order chi connectivity index (χ0) is 9.84. The Hall–Kier alpha value is -1.12. The third-order valence-electron chi connectivity index (χ3n) is 2.18. The van der Waals surface area contributed by atoms with E-state index in [9.17, 15) is 9.59 Å². The van der Waals surface area contributed by atoms with Gasteiger partial charge in [-0.15, -0.1) is 0 Å². The van der Waals surface area contributed by atoms with E-state index < -0.39 is 0 Å². The molecule has 0 N–H and O–H groups in total. The molecule has 72 valence electrons. The summed E-state index contributed by atoms with van der Waals surface area (Å²) >= 11 is 0. The van der Waals surface area contributed by atoms with Crippen molar-refractivity contribution in [3.05, 3.63) is 12.2 Å². The summed E-state index contributed by atoms with van der Waals surface area (Å²) in [5, 5.41) is 0. The van der Waals surface area contributed by atoms with Crippen LogP contribution in [0.1, 0.15) is 26.7 Å². The minimum absolute atomic E-state index is 0.0225. The highest BCUT2D eigenvalue weighted by Crippen LogP contribution is 2.21. The van der Waals surface area contributed by atoms with Crippen LogP contribution in [0.25, 0.3) is 0 Å². The topological polar surface area (TPSA) is 43.4 Å². The monoisotopic (exact) mass is 182 g/mol. The van der Waals surface area contributed by atoms with Gasteiger partial charge in [0.15, 0.2) is 0 Å². The van der Waals surface area contributed by atoms with Crippen molar-refractivity contribution in [2.75, 3.05) is 0 Å². The van der Waals surface area contributed by atoms with Gasteiger partial charge in [0.1, 0.15) is 11.9 Å². The molecule has 2 atom stereocenters. The van der Waals surface area contributed by atoms with Crippen molar-refractivity contribution in [2.45, 2.75) is 32.8 Å². The van der Waals surface area contributed by atoms with Crippen molar-refractivity contribution in [1.29, 1.82) is 0 Å². The summed E-state index contributed by atoms with van der Waals surface area (Å²) in [7, 11) is 0. The van der Waals surface area contributed by atoms with Crippen LogP contribution < -0.4 is 0 Å². The van der Waals surface area contributed by atoms with Crippen LogP contribution in [0.2, 0.25) is 0 Å². The molecule has 0 aliphatic heterocycles. The Kier molecular flexibility index (Phi) is 3.23. The Morgan fingerprint density at radius 2 is 2.08 bits per heavy atom. The van der Waals surface area contributed by atoms with Crippen LogP contribution >= 0.6 is 0 Å². The first-order valence-electron chi connectivity index (χ1n) is 4.44. The molecule has 0 aromatic carbocycles. The Morgan fingerprint density at radius 3 is 2.62 bits per heavy atom. The molecule has 0 unspecified atom stereocenters. The van der Waals surface area contributed by atoms with E-state index in [4.69, 9.17) is 4.74 Å². The summed E-state index contributed by atoms with van der Waals surface area (Å²) in [5.41, 5.74) is 0. The van der Waals surface area contributed by atoms with Gasteiger partial charge in [0.05, 0.1) is 0 Å². The van der Waals surface area contributed by atoms with Crippen molar-refractivity contribution in [2.24, 2.45) is 5.92 Å². The fourth-order valence-corrected chi connectivity index (χ4v) is 1.48. The normalized spacial score (nSPS) is 26.9. The third kappa shape index (κ3) is 3.01. The van der Waals surface area contributed by atoms with Gasteiger partial charge < -0.3 is 4.74 Å². The Balaban J connectivity index is 2.51. The van der Waals surface area contributed by atoms with Gasteiger partial charge in [0, 0.05) is 12.8 Å². The van der Waals surface area contributed by atoms with Crippen LogP contribution in [0, 0.1) is 5.92 Å². The fourth-order valence-electron chi connectivity index (χ4n) is 1.48. The van der Waals surface area contributed by atoms with Gasteiger partial charge in [0.25, 0.3) is 0 Å². The van der Waals surface area contributed by atoms with Gasteiger partial charge in [0.2, 0.25) is 0 Å². The molecule has 0 amide bonds. The molecule has 0 bridgehead atoms. The molecule has 0 saturated carbocycles. The van der Waals surface area contributed by atoms with Gasteiger partial charge in [-0.1, -0.05) is 6.08 Å². The second-order valence-electron chi connectivity index (χ2n) is 3.36. The van der Waals surface area contributed by atoms with Crippen molar-refractivity contribution in [3.8, 4) is 0 Å². The molecule has 0 heterocycles. The Bertz CT molecular complexity index is 243. The van der Waals surface area contributed by atoms with Gasteiger partial charge in [-0.05, 0) is 25.8 Å². The van der Waals surface area contributed by atoms with E-state index in [1.54, 1.807) is 6.92 Å². The lowest BCUT2D eigenvalue weighted by molar-refractivity contribution is -0.145.